The van der Waals surface area contributed by atoms with Crippen LogP contribution in [-0.4, -0.2) is 22.8 Å². The highest BCUT2D eigenvalue weighted by Gasteiger charge is 2.17. The third-order valence-corrected chi connectivity index (χ3v) is 2.59. The standard InChI is InChI=1S/C11H21N3O2S/c1-11(2,3)16-10(15)14-13-9(17)12-8-6-4-5-7-8/h8H,4-7H2,1-3H3,(H,14,15)(H2,12,13,17). The van der Waals surface area contributed by atoms with Crippen molar-refractivity contribution >= 4 is 23.4 Å². The van der Waals surface area contributed by atoms with Gasteiger partial charge in [0.05, 0.1) is 0 Å². The number of nitrogens with one attached hydrogen (secondary N) is 3. The minimum Gasteiger partial charge on any atom is -0.443 e. The Balaban J connectivity index is 2.16. The number of hydrazine groups is 1. The molecule has 3 N–H and O–H groups in total. The van der Waals surface area contributed by atoms with Crippen molar-refractivity contribution in [3.05, 3.63) is 0 Å². The first-order valence-electron chi connectivity index (χ1n) is 5.92. The number of carbonyl (C=O) groups excluding carboxylic acids is 1. The summed E-state index contributed by atoms with van der Waals surface area (Å²) in [5.74, 6) is 0. The Hall–Kier alpha value is -1.04. The summed E-state index contributed by atoms with van der Waals surface area (Å²) in [6.45, 7) is 5.42. The van der Waals surface area contributed by atoms with Gasteiger partial charge in [0.1, 0.15) is 5.60 Å². The minimum atomic E-state index is -0.534. The van der Waals surface area contributed by atoms with Gasteiger partial charge >= 0.3 is 6.09 Å². The molecule has 0 aromatic heterocycles. The van der Waals surface area contributed by atoms with Crippen molar-refractivity contribution in [1.29, 1.82) is 0 Å². The second-order valence-electron chi connectivity index (χ2n) is 5.21. The molecular formula is C11H21N3O2S. The lowest BCUT2D eigenvalue weighted by Crippen LogP contribution is -2.50. The molecule has 98 valence electrons. The Bertz CT molecular complexity index is 283. The SMILES string of the molecule is CC(C)(C)OC(=O)NNC(=S)NC1CCCC1. The largest absolute Gasteiger partial charge is 0.443 e. The highest BCUT2D eigenvalue weighted by Crippen LogP contribution is 2.17. The van der Waals surface area contributed by atoms with Gasteiger partial charge in [0.2, 0.25) is 0 Å². The third-order valence-electron chi connectivity index (χ3n) is 2.37. The van der Waals surface area contributed by atoms with E-state index < -0.39 is 11.7 Å². The van der Waals surface area contributed by atoms with Gasteiger partial charge in [-0.1, -0.05) is 12.8 Å². The molecule has 0 bridgehead atoms. The fraction of sp³-hybridized carbons (Fsp3) is 0.818. The maximum atomic E-state index is 11.3. The van der Waals surface area contributed by atoms with Crippen LogP contribution in [0.25, 0.3) is 0 Å². The van der Waals surface area contributed by atoms with Gasteiger partial charge in [0, 0.05) is 6.04 Å². The van der Waals surface area contributed by atoms with Crippen LogP contribution in [0.1, 0.15) is 46.5 Å². The average Bonchev–Trinajstić information content (AvgIpc) is 2.64. The van der Waals surface area contributed by atoms with Crippen LogP contribution in [0.15, 0.2) is 0 Å². The van der Waals surface area contributed by atoms with Gasteiger partial charge in [-0.3, -0.25) is 5.43 Å². The van der Waals surface area contributed by atoms with E-state index in [1.807, 2.05) is 20.8 Å². The average molecular weight is 259 g/mol. The Morgan fingerprint density at radius 2 is 1.82 bits per heavy atom. The Morgan fingerprint density at radius 3 is 2.35 bits per heavy atom. The van der Waals surface area contributed by atoms with E-state index in [9.17, 15) is 4.79 Å². The van der Waals surface area contributed by atoms with Crippen LogP contribution in [0.5, 0.6) is 0 Å². The van der Waals surface area contributed by atoms with Crippen LogP contribution in [0.4, 0.5) is 4.79 Å². The zero-order chi connectivity index (χ0) is 12.9. The topological polar surface area (TPSA) is 62.4 Å². The molecule has 0 aromatic rings. The smallest absolute Gasteiger partial charge is 0.426 e. The molecule has 0 spiro atoms. The predicted octanol–water partition coefficient (Wildman–Crippen LogP) is 1.83. The van der Waals surface area contributed by atoms with E-state index >= 15 is 0 Å². The number of hydrogen-bond donors (Lipinski definition) is 3. The highest BCUT2D eigenvalue weighted by molar-refractivity contribution is 7.80. The summed E-state index contributed by atoms with van der Waals surface area (Å²) in [6, 6.07) is 0.426. The lowest BCUT2D eigenvalue weighted by molar-refractivity contribution is 0.0512. The zero-order valence-electron chi connectivity index (χ0n) is 10.6. The quantitative estimate of drug-likeness (QED) is 0.495. The molecule has 1 aliphatic carbocycles. The molecule has 0 aliphatic heterocycles. The monoisotopic (exact) mass is 259 g/mol. The van der Waals surface area contributed by atoms with E-state index in [-0.39, 0.29) is 0 Å². The maximum absolute atomic E-state index is 11.3. The first-order valence-corrected chi connectivity index (χ1v) is 6.33. The molecular weight excluding hydrogens is 238 g/mol. The summed E-state index contributed by atoms with van der Waals surface area (Å²) < 4.78 is 5.06. The molecule has 0 atom stereocenters. The fourth-order valence-corrected chi connectivity index (χ4v) is 1.92. The van der Waals surface area contributed by atoms with Gasteiger partial charge in [-0.2, -0.15) is 0 Å². The van der Waals surface area contributed by atoms with Gasteiger partial charge in [-0.15, -0.1) is 0 Å². The summed E-state index contributed by atoms with van der Waals surface area (Å²) in [5, 5.41) is 3.58. The number of thiocarbonyl (C=S) groups is 1. The summed E-state index contributed by atoms with van der Waals surface area (Å²) in [7, 11) is 0. The zero-order valence-corrected chi connectivity index (χ0v) is 11.4. The molecule has 1 saturated carbocycles. The lowest BCUT2D eigenvalue weighted by atomic mass is 10.2. The lowest BCUT2D eigenvalue weighted by Gasteiger charge is -2.21. The number of ether oxygens (including phenoxy) is 1. The Morgan fingerprint density at radius 1 is 1.24 bits per heavy atom. The van der Waals surface area contributed by atoms with Crippen molar-refractivity contribution < 1.29 is 9.53 Å². The molecule has 0 unspecified atom stereocenters. The van der Waals surface area contributed by atoms with Gasteiger partial charge in [0.25, 0.3) is 0 Å². The molecule has 1 amide bonds. The molecule has 1 aliphatic rings. The summed E-state index contributed by atoms with van der Waals surface area (Å²) >= 11 is 5.06. The van der Waals surface area contributed by atoms with Crippen LogP contribution in [-0.2, 0) is 4.74 Å². The fourth-order valence-electron chi connectivity index (χ4n) is 1.70. The molecule has 6 heteroatoms. The van der Waals surface area contributed by atoms with E-state index in [4.69, 9.17) is 17.0 Å². The molecule has 1 rings (SSSR count). The summed E-state index contributed by atoms with van der Waals surface area (Å²) in [5.41, 5.74) is 4.52. The van der Waals surface area contributed by atoms with E-state index in [0.717, 1.165) is 12.8 Å². The predicted molar refractivity (Wildman–Crippen MR) is 70.5 cm³/mol. The highest BCUT2D eigenvalue weighted by atomic mass is 32.1. The second kappa shape index (κ2) is 6.05. The van der Waals surface area contributed by atoms with Crippen LogP contribution < -0.4 is 16.2 Å². The van der Waals surface area contributed by atoms with Gasteiger partial charge in [-0.25, -0.2) is 10.2 Å². The molecule has 0 saturated heterocycles. The number of carbonyl (C=O) groups is 1. The molecule has 5 nitrogen and oxygen atoms in total. The molecule has 1 fully saturated rings. The van der Waals surface area contributed by atoms with Gasteiger partial charge in [-0.05, 0) is 45.8 Å². The minimum absolute atomic E-state index is 0.426. The Labute approximate surface area is 108 Å². The summed E-state index contributed by atoms with van der Waals surface area (Å²) in [6.07, 6.45) is 4.20. The van der Waals surface area contributed by atoms with Crippen LogP contribution in [0.2, 0.25) is 0 Å². The molecule has 0 aromatic carbocycles. The molecule has 0 heterocycles. The second-order valence-corrected chi connectivity index (χ2v) is 5.61. The van der Waals surface area contributed by atoms with Crippen LogP contribution in [0, 0.1) is 0 Å². The van der Waals surface area contributed by atoms with Crippen LogP contribution >= 0.6 is 12.2 Å². The maximum Gasteiger partial charge on any atom is 0.426 e. The van der Waals surface area contributed by atoms with E-state index in [0.29, 0.717) is 11.2 Å². The number of amides is 1. The van der Waals surface area contributed by atoms with Crippen molar-refractivity contribution in [3.63, 3.8) is 0 Å². The van der Waals surface area contributed by atoms with Crippen molar-refractivity contribution in [2.45, 2.75) is 58.1 Å². The van der Waals surface area contributed by atoms with E-state index in [1.54, 1.807) is 0 Å². The van der Waals surface area contributed by atoms with Crippen molar-refractivity contribution in [2.75, 3.05) is 0 Å². The van der Waals surface area contributed by atoms with E-state index in [1.165, 1.54) is 12.8 Å². The molecule has 0 radical (unpaired) electrons. The third kappa shape index (κ3) is 6.31. The van der Waals surface area contributed by atoms with Gasteiger partial charge in [0.15, 0.2) is 5.11 Å². The Kier molecular flexibility index (Phi) is 4.99. The van der Waals surface area contributed by atoms with Crippen molar-refractivity contribution in [1.82, 2.24) is 16.2 Å². The van der Waals surface area contributed by atoms with Crippen molar-refractivity contribution in [2.24, 2.45) is 0 Å². The molecule has 17 heavy (non-hydrogen) atoms. The van der Waals surface area contributed by atoms with Crippen molar-refractivity contribution in [3.8, 4) is 0 Å². The number of hydrogen-bond acceptors (Lipinski definition) is 3. The number of rotatable bonds is 1. The summed E-state index contributed by atoms with van der Waals surface area (Å²) in [4.78, 5) is 11.3. The first kappa shape index (κ1) is 14.0. The van der Waals surface area contributed by atoms with Gasteiger partial charge < -0.3 is 10.1 Å². The van der Waals surface area contributed by atoms with E-state index in [2.05, 4.69) is 16.2 Å². The van der Waals surface area contributed by atoms with Crippen LogP contribution in [0.3, 0.4) is 0 Å². The first-order chi connectivity index (χ1) is 7.87. The normalized spacial score (nSPS) is 16.4.